The molecule has 4 atom stereocenters. The van der Waals surface area contributed by atoms with E-state index in [1.165, 1.54) is 6.33 Å². The minimum atomic E-state index is -0.624. The van der Waals surface area contributed by atoms with Gasteiger partial charge in [0.1, 0.15) is 30.5 Å². The van der Waals surface area contributed by atoms with Crippen molar-refractivity contribution in [1.82, 2.24) is 19.7 Å². The van der Waals surface area contributed by atoms with Crippen LogP contribution in [-0.2, 0) is 38.8 Å². The summed E-state index contributed by atoms with van der Waals surface area (Å²) in [5.41, 5.74) is 9.86. The summed E-state index contributed by atoms with van der Waals surface area (Å²) in [6, 6.07) is 30.1. The number of ether oxygens (including phenoxy) is 4. The number of benzene rings is 3. The average molecular weight is 538 g/mol. The third-order valence-corrected chi connectivity index (χ3v) is 6.91. The van der Waals surface area contributed by atoms with Crippen LogP contribution in [0.15, 0.2) is 104 Å². The molecule has 1 aliphatic rings. The number of nitrogen functional groups attached to an aromatic ring is 1. The summed E-state index contributed by atoms with van der Waals surface area (Å²) >= 11 is 0. The van der Waals surface area contributed by atoms with Crippen LogP contribution in [-0.4, -0.2) is 44.7 Å². The standard InChI is InChI=1S/C31H31N5O4/c32-29-25-16-35-36(30(25)34-21-33-29)31-28(39-19-24-14-8-3-9-15-24)27(38-18-23-12-6-2-7-13-23)26(40-31)20-37-17-22-10-4-1-5-11-22/h1-16,21,26-28,31H,17-20H2,(H2,32,33,34)/t26-,27-,28-,31-/m1/s1. The molecule has 9 heteroatoms. The van der Waals surface area contributed by atoms with Crippen LogP contribution in [0.25, 0.3) is 11.0 Å². The number of hydrogen-bond acceptors (Lipinski definition) is 8. The van der Waals surface area contributed by atoms with Crippen molar-refractivity contribution in [1.29, 1.82) is 0 Å². The number of anilines is 1. The lowest BCUT2D eigenvalue weighted by molar-refractivity contribution is -0.0926. The zero-order chi connectivity index (χ0) is 27.1. The smallest absolute Gasteiger partial charge is 0.181 e. The second kappa shape index (κ2) is 12.4. The van der Waals surface area contributed by atoms with E-state index in [2.05, 4.69) is 15.1 Å². The maximum absolute atomic E-state index is 6.62. The minimum Gasteiger partial charge on any atom is -0.383 e. The molecule has 3 heterocycles. The van der Waals surface area contributed by atoms with Crippen LogP contribution in [0.5, 0.6) is 0 Å². The molecule has 0 aliphatic carbocycles. The van der Waals surface area contributed by atoms with Crippen molar-refractivity contribution in [3.8, 4) is 0 Å². The van der Waals surface area contributed by atoms with E-state index in [4.69, 9.17) is 24.7 Å². The highest BCUT2D eigenvalue weighted by molar-refractivity contribution is 5.84. The Morgan fingerprint density at radius 3 is 1.93 bits per heavy atom. The van der Waals surface area contributed by atoms with Crippen molar-refractivity contribution >= 4 is 16.9 Å². The van der Waals surface area contributed by atoms with E-state index >= 15 is 0 Å². The Bertz CT molecular complexity index is 1500. The molecule has 40 heavy (non-hydrogen) atoms. The molecule has 5 aromatic rings. The number of aromatic nitrogens is 4. The topological polar surface area (TPSA) is 107 Å². The molecular formula is C31H31N5O4. The van der Waals surface area contributed by atoms with Gasteiger partial charge in [-0.15, -0.1) is 0 Å². The Morgan fingerprint density at radius 2 is 1.30 bits per heavy atom. The van der Waals surface area contributed by atoms with Gasteiger partial charge < -0.3 is 24.7 Å². The molecule has 2 aromatic heterocycles. The van der Waals surface area contributed by atoms with E-state index in [-0.39, 0.29) is 0 Å². The molecule has 9 nitrogen and oxygen atoms in total. The number of nitrogens with two attached hydrogens (primary N) is 1. The van der Waals surface area contributed by atoms with Crippen LogP contribution in [0.1, 0.15) is 22.9 Å². The molecule has 0 amide bonds. The number of hydrogen-bond donors (Lipinski definition) is 1. The fourth-order valence-corrected chi connectivity index (χ4v) is 4.89. The Labute approximate surface area is 232 Å². The lowest BCUT2D eigenvalue weighted by Gasteiger charge is -2.25. The van der Waals surface area contributed by atoms with Crippen molar-refractivity contribution < 1.29 is 18.9 Å². The van der Waals surface area contributed by atoms with Gasteiger partial charge in [-0.05, 0) is 16.7 Å². The third-order valence-electron chi connectivity index (χ3n) is 6.91. The molecule has 204 valence electrons. The molecule has 0 radical (unpaired) electrons. The summed E-state index contributed by atoms with van der Waals surface area (Å²) in [5, 5.41) is 5.24. The largest absolute Gasteiger partial charge is 0.383 e. The second-order valence-corrected chi connectivity index (χ2v) is 9.67. The second-order valence-electron chi connectivity index (χ2n) is 9.67. The van der Waals surface area contributed by atoms with Gasteiger partial charge >= 0.3 is 0 Å². The van der Waals surface area contributed by atoms with Crippen LogP contribution in [0.4, 0.5) is 5.82 Å². The van der Waals surface area contributed by atoms with Crippen molar-refractivity contribution in [2.24, 2.45) is 0 Å². The molecular weight excluding hydrogens is 506 g/mol. The third kappa shape index (κ3) is 5.88. The molecule has 0 unspecified atom stereocenters. The SMILES string of the molecule is Nc1ncnc2c1cnn2[C@@H]1O[C@H](COCc2ccccc2)[C@@H](OCc2ccccc2)[C@H]1OCc1ccccc1. The fourth-order valence-electron chi connectivity index (χ4n) is 4.89. The maximum atomic E-state index is 6.62. The molecule has 6 rings (SSSR count). The van der Waals surface area contributed by atoms with Gasteiger partial charge in [0.25, 0.3) is 0 Å². The van der Waals surface area contributed by atoms with E-state index in [1.807, 2.05) is 91.0 Å². The maximum Gasteiger partial charge on any atom is 0.181 e. The van der Waals surface area contributed by atoms with Gasteiger partial charge in [0.2, 0.25) is 0 Å². The first-order valence-electron chi connectivity index (χ1n) is 13.3. The van der Waals surface area contributed by atoms with Gasteiger partial charge in [0, 0.05) is 0 Å². The Hall–Kier alpha value is -4.15. The first kappa shape index (κ1) is 26.1. The summed E-state index contributed by atoms with van der Waals surface area (Å²) < 4.78 is 27.6. The van der Waals surface area contributed by atoms with Gasteiger partial charge in [-0.3, -0.25) is 0 Å². The number of nitrogens with zero attached hydrogens (tertiary/aromatic N) is 4. The minimum absolute atomic E-state index is 0.312. The molecule has 0 spiro atoms. The van der Waals surface area contributed by atoms with Crippen LogP contribution < -0.4 is 5.73 Å². The quantitative estimate of drug-likeness (QED) is 0.259. The Morgan fingerprint density at radius 1 is 0.725 bits per heavy atom. The summed E-state index contributed by atoms with van der Waals surface area (Å²) in [6.07, 6.45) is 1.09. The van der Waals surface area contributed by atoms with Crippen molar-refractivity contribution in [2.45, 2.75) is 44.4 Å². The first-order valence-corrected chi connectivity index (χ1v) is 13.3. The van der Waals surface area contributed by atoms with Crippen LogP contribution in [0.2, 0.25) is 0 Å². The van der Waals surface area contributed by atoms with Crippen molar-refractivity contribution in [2.75, 3.05) is 12.3 Å². The predicted octanol–water partition coefficient (Wildman–Crippen LogP) is 4.69. The summed E-state index contributed by atoms with van der Waals surface area (Å²) in [6.45, 7) is 1.55. The van der Waals surface area contributed by atoms with Gasteiger partial charge in [0.05, 0.1) is 38.0 Å². The Balaban J connectivity index is 1.29. The van der Waals surface area contributed by atoms with E-state index in [1.54, 1.807) is 10.9 Å². The summed E-state index contributed by atoms with van der Waals surface area (Å²) in [5.74, 6) is 0.357. The molecule has 1 saturated heterocycles. The summed E-state index contributed by atoms with van der Waals surface area (Å²) in [7, 11) is 0. The molecule has 0 bridgehead atoms. The molecule has 1 aliphatic heterocycles. The Kier molecular flexibility index (Phi) is 8.06. The van der Waals surface area contributed by atoms with E-state index in [0.717, 1.165) is 16.7 Å². The zero-order valence-corrected chi connectivity index (χ0v) is 22.0. The molecule has 0 saturated carbocycles. The normalized spacial score (nSPS) is 20.7. The van der Waals surface area contributed by atoms with Gasteiger partial charge in [-0.2, -0.15) is 5.10 Å². The highest BCUT2D eigenvalue weighted by Crippen LogP contribution is 2.36. The molecule has 3 aromatic carbocycles. The monoisotopic (exact) mass is 537 g/mol. The predicted molar refractivity (Wildman–Crippen MR) is 150 cm³/mol. The highest BCUT2D eigenvalue weighted by Gasteiger charge is 2.48. The van der Waals surface area contributed by atoms with Crippen molar-refractivity contribution in [3.05, 3.63) is 120 Å². The van der Waals surface area contributed by atoms with E-state index < -0.39 is 24.5 Å². The molecule has 2 N–H and O–H groups in total. The lowest BCUT2D eigenvalue weighted by Crippen LogP contribution is -2.38. The van der Waals surface area contributed by atoms with Gasteiger partial charge in [-0.1, -0.05) is 91.0 Å². The van der Waals surface area contributed by atoms with E-state index in [0.29, 0.717) is 43.3 Å². The average Bonchev–Trinajstić information content (AvgIpc) is 3.58. The van der Waals surface area contributed by atoms with E-state index in [9.17, 15) is 0 Å². The van der Waals surface area contributed by atoms with Crippen LogP contribution >= 0.6 is 0 Å². The highest BCUT2D eigenvalue weighted by atomic mass is 16.6. The van der Waals surface area contributed by atoms with Gasteiger partial charge in [0.15, 0.2) is 11.9 Å². The van der Waals surface area contributed by atoms with Gasteiger partial charge in [-0.25, -0.2) is 14.6 Å². The number of rotatable bonds is 11. The van der Waals surface area contributed by atoms with Crippen LogP contribution in [0, 0.1) is 0 Å². The number of fused-ring (bicyclic) bond motifs is 1. The first-order chi connectivity index (χ1) is 19.8. The lowest BCUT2D eigenvalue weighted by atomic mass is 10.1. The summed E-state index contributed by atoms with van der Waals surface area (Å²) in [4.78, 5) is 8.55. The molecule has 1 fully saturated rings. The van der Waals surface area contributed by atoms with Crippen molar-refractivity contribution in [3.63, 3.8) is 0 Å². The fraction of sp³-hybridized carbons (Fsp3) is 0.258. The van der Waals surface area contributed by atoms with Crippen LogP contribution in [0.3, 0.4) is 0 Å². The zero-order valence-electron chi connectivity index (χ0n) is 22.0.